The number of amides is 1. The lowest BCUT2D eigenvalue weighted by Gasteiger charge is -2.27. The minimum absolute atomic E-state index is 0.0191. The Morgan fingerprint density at radius 2 is 2.33 bits per heavy atom. The third-order valence-electron chi connectivity index (χ3n) is 3.90. The number of rotatable bonds is 4. The lowest BCUT2D eigenvalue weighted by molar-refractivity contribution is -0.118. The van der Waals surface area contributed by atoms with E-state index in [1.807, 2.05) is 16.0 Å². The van der Waals surface area contributed by atoms with E-state index in [1.54, 1.807) is 6.08 Å². The molecule has 2 aromatic heterocycles. The zero-order valence-corrected chi connectivity index (χ0v) is 13.0. The summed E-state index contributed by atoms with van der Waals surface area (Å²) < 4.78 is 1.84. The SMILES string of the molecule is O=C(C=Cc1c(Cl)nc2sccn12)NC1(CO)CCCC1. The molecule has 3 rings (SSSR count). The molecule has 21 heavy (non-hydrogen) atoms. The first-order valence-corrected chi connectivity index (χ1v) is 8.11. The Labute approximate surface area is 131 Å². The highest BCUT2D eigenvalue weighted by molar-refractivity contribution is 7.15. The van der Waals surface area contributed by atoms with E-state index < -0.39 is 5.54 Å². The van der Waals surface area contributed by atoms with E-state index in [4.69, 9.17) is 11.6 Å². The van der Waals surface area contributed by atoms with Crippen LogP contribution in [0.3, 0.4) is 0 Å². The molecular formula is C14H16ClN3O2S. The zero-order valence-electron chi connectivity index (χ0n) is 11.4. The molecule has 112 valence electrons. The molecule has 0 aliphatic heterocycles. The van der Waals surface area contributed by atoms with E-state index in [2.05, 4.69) is 10.3 Å². The Bertz CT molecular complexity index is 686. The molecule has 0 saturated heterocycles. The maximum Gasteiger partial charge on any atom is 0.244 e. The Morgan fingerprint density at radius 3 is 3.05 bits per heavy atom. The fourth-order valence-electron chi connectivity index (χ4n) is 2.76. The first kappa shape index (κ1) is 14.6. The maximum absolute atomic E-state index is 12.1. The van der Waals surface area contributed by atoms with Gasteiger partial charge in [0.15, 0.2) is 10.1 Å². The summed E-state index contributed by atoms with van der Waals surface area (Å²) in [5.41, 5.74) is 0.230. The molecule has 0 bridgehead atoms. The largest absolute Gasteiger partial charge is 0.394 e. The van der Waals surface area contributed by atoms with Gasteiger partial charge in [-0.3, -0.25) is 9.20 Å². The van der Waals surface area contributed by atoms with Gasteiger partial charge in [0.2, 0.25) is 5.91 Å². The summed E-state index contributed by atoms with van der Waals surface area (Å²) in [5, 5.41) is 14.7. The number of nitrogens with one attached hydrogen (secondary N) is 1. The van der Waals surface area contributed by atoms with E-state index in [0.717, 1.165) is 30.6 Å². The molecular weight excluding hydrogens is 310 g/mol. The zero-order chi connectivity index (χ0) is 14.9. The summed E-state index contributed by atoms with van der Waals surface area (Å²) in [7, 11) is 0. The molecule has 2 aromatic rings. The lowest BCUT2D eigenvalue weighted by Crippen LogP contribution is -2.48. The number of aliphatic hydroxyl groups is 1. The number of carbonyl (C=O) groups is 1. The van der Waals surface area contributed by atoms with Crippen molar-refractivity contribution >= 4 is 39.9 Å². The summed E-state index contributed by atoms with van der Waals surface area (Å²) >= 11 is 7.55. The average molecular weight is 326 g/mol. The second kappa shape index (κ2) is 5.79. The van der Waals surface area contributed by atoms with Gasteiger partial charge in [-0.05, 0) is 18.9 Å². The molecule has 7 heteroatoms. The number of hydrogen-bond donors (Lipinski definition) is 2. The van der Waals surface area contributed by atoms with Gasteiger partial charge in [-0.1, -0.05) is 24.4 Å². The van der Waals surface area contributed by atoms with Gasteiger partial charge >= 0.3 is 0 Å². The van der Waals surface area contributed by atoms with Crippen LogP contribution in [0.25, 0.3) is 11.0 Å². The Morgan fingerprint density at radius 1 is 1.57 bits per heavy atom. The molecule has 1 aliphatic carbocycles. The van der Waals surface area contributed by atoms with E-state index >= 15 is 0 Å². The second-order valence-corrected chi connectivity index (χ2v) is 6.54. The average Bonchev–Trinajstić information content (AvgIpc) is 3.14. The summed E-state index contributed by atoms with van der Waals surface area (Å²) in [6.07, 6.45) is 8.69. The summed E-state index contributed by atoms with van der Waals surface area (Å²) in [5.74, 6) is -0.216. The highest BCUT2D eigenvalue weighted by Gasteiger charge is 2.34. The van der Waals surface area contributed by atoms with Gasteiger partial charge < -0.3 is 10.4 Å². The highest BCUT2D eigenvalue weighted by atomic mass is 35.5. The molecule has 0 spiro atoms. The van der Waals surface area contributed by atoms with Gasteiger partial charge in [-0.2, -0.15) is 0 Å². The Hall–Kier alpha value is -1.37. The number of imidazole rings is 1. The van der Waals surface area contributed by atoms with Crippen LogP contribution in [0.1, 0.15) is 31.4 Å². The van der Waals surface area contributed by atoms with Gasteiger partial charge in [-0.25, -0.2) is 4.98 Å². The van der Waals surface area contributed by atoms with Crippen LogP contribution in [0, 0.1) is 0 Å². The second-order valence-electron chi connectivity index (χ2n) is 5.31. The van der Waals surface area contributed by atoms with Gasteiger partial charge in [0.05, 0.1) is 17.8 Å². The Balaban J connectivity index is 1.75. The van der Waals surface area contributed by atoms with Crippen LogP contribution in [-0.4, -0.2) is 32.5 Å². The molecule has 1 amide bonds. The van der Waals surface area contributed by atoms with E-state index in [1.165, 1.54) is 17.4 Å². The van der Waals surface area contributed by atoms with Crippen molar-refractivity contribution in [3.63, 3.8) is 0 Å². The van der Waals surface area contributed by atoms with Gasteiger partial charge in [0.25, 0.3) is 0 Å². The Kier molecular flexibility index (Phi) is 4.01. The number of fused-ring (bicyclic) bond motifs is 1. The molecule has 5 nitrogen and oxygen atoms in total. The van der Waals surface area contributed by atoms with Crippen LogP contribution >= 0.6 is 22.9 Å². The predicted octanol–water partition coefficient (Wildman–Crippen LogP) is 2.48. The summed E-state index contributed by atoms with van der Waals surface area (Å²) in [6.45, 7) is -0.0191. The number of nitrogens with zero attached hydrogens (tertiary/aromatic N) is 2. The van der Waals surface area contributed by atoms with Crippen molar-refractivity contribution < 1.29 is 9.90 Å². The van der Waals surface area contributed by atoms with Crippen molar-refractivity contribution in [3.05, 3.63) is 28.5 Å². The smallest absolute Gasteiger partial charge is 0.244 e. The van der Waals surface area contributed by atoms with Crippen LogP contribution in [0.5, 0.6) is 0 Å². The topological polar surface area (TPSA) is 66.6 Å². The molecule has 0 radical (unpaired) electrons. The van der Waals surface area contributed by atoms with Gasteiger partial charge in [-0.15, -0.1) is 11.3 Å². The predicted molar refractivity (Wildman–Crippen MR) is 83.5 cm³/mol. The molecule has 0 aromatic carbocycles. The quantitative estimate of drug-likeness (QED) is 0.849. The first-order valence-electron chi connectivity index (χ1n) is 6.86. The van der Waals surface area contributed by atoms with Crippen molar-refractivity contribution in [3.8, 4) is 0 Å². The molecule has 0 atom stereocenters. The number of carbonyl (C=O) groups excluding carboxylic acids is 1. The molecule has 1 fully saturated rings. The van der Waals surface area contributed by atoms with E-state index in [0.29, 0.717) is 10.8 Å². The van der Waals surface area contributed by atoms with E-state index in [-0.39, 0.29) is 12.5 Å². The van der Waals surface area contributed by atoms with Crippen LogP contribution in [0.4, 0.5) is 0 Å². The summed E-state index contributed by atoms with van der Waals surface area (Å²) in [4.78, 5) is 17.1. The van der Waals surface area contributed by atoms with Crippen LogP contribution in [0.15, 0.2) is 17.7 Å². The molecule has 2 N–H and O–H groups in total. The minimum Gasteiger partial charge on any atom is -0.394 e. The highest BCUT2D eigenvalue weighted by Crippen LogP contribution is 2.29. The number of hydrogen-bond acceptors (Lipinski definition) is 4. The van der Waals surface area contributed by atoms with Crippen molar-refractivity contribution in [1.29, 1.82) is 0 Å². The third-order valence-corrected chi connectivity index (χ3v) is 4.93. The van der Waals surface area contributed by atoms with Crippen LogP contribution < -0.4 is 5.32 Å². The third kappa shape index (κ3) is 2.84. The first-order chi connectivity index (χ1) is 10.1. The minimum atomic E-state index is -0.458. The normalized spacial score (nSPS) is 17.8. The van der Waals surface area contributed by atoms with Crippen molar-refractivity contribution in [2.24, 2.45) is 0 Å². The number of aromatic nitrogens is 2. The monoisotopic (exact) mass is 325 g/mol. The molecule has 0 unspecified atom stereocenters. The molecule has 1 aliphatic rings. The maximum atomic E-state index is 12.1. The van der Waals surface area contributed by atoms with Crippen molar-refractivity contribution in [1.82, 2.24) is 14.7 Å². The van der Waals surface area contributed by atoms with Gasteiger partial charge in [0, 0.05) is 17.7 Å². The number of aliphatic hydroxyl groups excluding tert-OH is 1. The number of halogens is 1. The standard InChI is InChI=1S/C14H16ClN3O2S/c15-12-10(18-7-8-21-13(18)16-12)3-4-11(20)17-14(9-19)5-1-2-6-14/h3-4,7-8,19H,1-2,5-6,9H2,(H,17,20). The fraction of sp³-hybridized carbons (Fsp3) is 0.429. The number of thiazole rings is 1. The summed E-state index contributed by atoms with van der Waals surface area (Å²) in [6, 6.07) is 0. The van der Waals surface area contributed by atoms with Crippen molar-refractivity contribution in [2.75, 3.05) is 6.61 Å². The van der Waals surface area contributed by atoms with Crippen LogP contribution in [-0.2, 0) is 4.79 Å². The fourth-order valence-corrected chi connectivity index (χ4v) is 3.76. The molecule has 2 heterocycles. The van der Waals surface area contributed by atoms with Crippen molar-refractivity contribution in [2.45, 2.75) is 31.2 Å². The van der Waals surface area contributed by atoms with Gasteiger partial charge in [0.1, 0.15) is 0 Å². The van der Waals surface area contributed by atoms with Crippen LogP contribution in [0.2, 0.25) is 5.15 Å². The lowest BCUT2D eigenvalue weighted by atomic mass is 9.99. The molecule has 1 saturated carbocycles. The van der Waals surface area contributed by atoms with E-state index in [9.17, 15) is 9.90 Å².